The third kappa shape index (κ3) is 3.29. The van der Waals surface area contributed by atoms with Gasteiger partial charge in [0.2, 0.25) is 0 Å². The normalized spacial score (nSPS) is 12.1. The second-order valence-electron chi connectivity index (χ2n) is 4.16. The third-order valence-corrected chi connectivity index (χ3v) is 2.95. The lowest BCUT2D eigenvalue weighted by Gasteiger charge is -2.18. The van der Waals surface area contributed by atoms with Crippen LogP contribution >= 0.6 is 0 Å². The van der Waals surface area contributed by atoms with E-state index in [1.165, 1.54) is 0 Å². The summed E-state index contributed by atoms with van der Waals surface area (Å²) in [5.74, 6) is 2.59. The molecule has 18 heavy (non-hydrogen) atoms. The van der Waals surface area contributed by atoms with E-state index >= 15 is 0 Å². The molecule has 0 aliphatic carbocycles. The maximum absolute atomic E-state index is 5.61. The first-order valence-electron chi connectivity index (χ1n) is 6.26. The Balaban J connectivity index is 3.17. The van der Waals surface area contributed by atoms with Gasteiger partial charge in [0.05, 0.1) is 20.8 Å². The second-order valence-corrected chi connectivity index (χ2v) is 4.16. The van der Waals surface area contributed by atoms with Crippen molar-refractivity contribution in [3.05, 3.63) is 17.7 Å². The molecule has 0 aromatic heterocycles. The van der Waals surface area contributed by atoms with Gasteiger partial charge in [-0.05, 0) is 31.9 Å². The standard InChI is InChI=1S/C14H23NO3/c1-5-18-14-8-11(10(2)6-7-15)12(16-3)9-13(14)17-4/h8-10H,5-7,15H2,1-4H3. The number of benzene rings is 1. The molecule has 1 rings (SSSR count). The van der Waals surface area contributed by atoms with Crippen LogP contribution in [0, 0.1) is 0 Å². The number of rotatable bonds is 7. The minimum absolute atomic E-state index is 0.329. The van der Waals surface area contributed by atoms with E-state index in [0.717, 1.165) is 23.5 Å². The fourth-order valence-corrected chi connectivity index (χ4v) is 1.95. The molecule has 0 saturated heterocycles. The van der Waals surface area contributed by atoms with Crippen LogP contribution in [0.25, 0.3) is 0 Å². The van der Waals surface area contributed by atoms with Gasteiger partial charge in [-0.25, -0.2) is 0 Å². The van der Waals surface area contributed by atoms with E-state index < -0.39 is 0 Å². The highest BCUT2D eigenvalue weighted by Crippen LogP contribution is 2.38. The molecule has 0 aliphatic heterocycles. The molecule has 102 valence electrons. The molecule has 1 atom stereocenters. The molecule has 4 nitrogen and oxygen atoms in total. The van der Waals surface area contributed by atoms with Crippen molar-refractivity contribution in [3.8, 4) is 17.2 Å². The van der Waals surface area contributed by atoms with E-state index in [9.17, 15) is 0 Å². The van der Waals surface area contributed by atoms with Crippen molar-refractivity contribution in [1.82, 2.24) is 0 Å². The monoisotopic (exact) mass is 253 g/mol. The number of hydrogen-bond acceptors (Lipinski definition) is 4. The fraction of sp³-hybridized carbons (Fsp3) is 0.571. The molecule has 2 N–H and O–H groups in total. The SMILES string of the molecule is CCOc1cc(C(C)CCN)c(OC)cc1OC. The van der Waals surface area contributed by atoms with Gasteiger partial charge in [0, 0.05) is 11.6 Å². The molecule has 0 heterocycles. The van der Waals surface area contributed by atoms with Gasteiger partial charge in [-0.3, -0.25) is 0 Å². The number of nitrogens with two attached hydrogens (primary N) is 1. The predicted molar refractivity (Wildman–Crippen MR) is 72.8 cm³/mol. The van der Waals surface area contributed by atoms with Gasteiger partial charge in [-0.15, -0.1) is 0 Å². The molecular formula is C14H23NO3. The molecule has 0 radical (unpaired) electrons. The molecule has 1 aromatic carbocycles. The summed E-state index contributed by atoms with van der Waals surface area (Å²) in [6, 6.07) is 3.86. The third-order valence-electron chi connectivity index (χ3n) is 2.95. The average molecular weight is 253 g/mol. The highest BCUT2D eigenvalue weighted by molar-refractivity contribution is 5.51. The van der Waals surface area contributed by atoms with Crippen LogP contribution in [0.15, 0.2) is 12.1 Å². The minimum Gasteiger partial charge on any atom is -0.496 e. The highest BCUT2D eigenvalue weighted by atomic mass is 16.5. The average Bonchev–Trinajstić information content (AvgIpc) is 2.38. The van der Waals surface area contributed by atoms with Gasteiger partial charge in [0.15, 0.2) is 11.5 Å². The van der Waals surface area contributed by atoms with Crippen molar-refractivity contribution in [2.24, 2.45) is 5.73 Å². The number of methoxy groups -OCH3 is 2. The van der Waals surface area contributed by atoms with Crippen molar-refractivity contribution >= 4 is 0 Å². The first kappa shape index (κ1) is 14.6. The summed E-state index contributed by atoms with van der Waals surface area (Å²) in [4.78, 5) is 0. The maximum Gasteiger partial charge on any atom is 0.164 e. The molecule has 4 heteroatoms. The summed E-state index contributed by atoms with van der Waals surface area (Å²) in [7, 11) is 3.29. The molecule has 1 unspecified atom stereocenters. The lowest BCUT2D eigenvalue weighted by Crippen LogP contribution is -2.07. The minimum atomic E-state index is 0.329. The first-order chi connectivity index (χ1) is 8.67. The molecule has 0 saturated carbocycles. The largest absolute Gasteiger partial charge is 0.496 e. The van der Waals surface area contributed by atoms with Crippen LogP contribution in [0.3, 0.4) is 0 Å². The Kier molecular flexibility index (Phi) is 5.78. The Morgan fingerprint density at radius 1 is 1.11 bits per heavy atom. The summed E-state index contributed by atoms with van der Waals surface area (Å²) >= 11 is 0. The summed E-state index contributed by atoms with van der Waals surface area (Å²) in [5, 5.41) is 0. The highest BCUT2D eigenvalue weighted by Gasteiger charge is 2.16. The van der Waals surface area contributed by atoms with Crippen LogP contribution in [0.2, 0.25) is 0 Å². The van der Waals surface area contributed by atoms with E-state index in [0.29, 0.717) is 24.8 Å². The molecule has 1 aromatic rings. The lowest BCUT2D eigenvalue weighted by atomic mass is 9.96. The molecule has 0 fully saturated rings. The van der Waals surface area contributed by atoms with E-state index in [1.54, 1.807) is 14.2 Å². The van der Waals surface area contributed by atoms with Crippen LogP contribution in [0.5, 0.6) is 17.2 Å². The van der Waals surface area contributed by atoms with Crippen LogP contribution in [0.1, 0.15) is 31.7 Å². The topological polar surface area (TPSA) is 53.7 Å². The van der Waals surface area contributed by atoms with E-state index in [-0.39, 0.29) is 0 Å². The zero-order chi connectivity index (χ0) is 13.5. The number of hydrogen-bond donors (Lipinski definition) is 1. The van der Waals surface area contributed by atoms with Crippen molar-refractivity contribution in [2.75, 3.05) is 27.4 Å². The van der Waals surface area contributed by atoms with Gasteiger partial charge >= 0.3 is 0 Å². The molecule has 0 spiro atoms. The predicted octanol–water partition coefficient (Wildman–Crippen LogP) is 2.55. The van der Waals surface area contributed by atoms with Crippen molar-refractivity contribution in [1.29, 1.82) is 0 Å². The van der Waals surface area contributed by atoms with Crippen LogP contribution in [-0.4, -0.2) is 27.4 Å². The van der Waals surface area contributed by atoms with Crippen molar-refractivity contribution in [2.45, 2.75) is 26.2 Å². The first-order valence-corrected chi connectivity index (χ1v) is 6.26. The maximum atomic E-state index is 5.61. The summed E-state index contributed by atoms with van der Waals surface area (Å²) < 4.78 is 16.3. The summed E-state index contributed by atoms with van der Waals surface area (Å²) in [5.41, 5.74) is 6.72. The molecular weight excluding hydrogens is 230 g/mol. The Morgan fingerprint density at radius 2 is 1.78 bits per heavy atom. The van der Waals surface area contributed by atoms with Gasteiger partial charge in [-0.2, -0.15) is 0 Å². The van der Waals surface area contributed by atoms with Crippen LogP contribution in [-0.2, 0) is 0 Å². The summed E-state index contributed by atoms with van der Waals surface area (Å²) in [6.07, 6.45) is 0.911. The number of ether oxygens (including phenoxy) is 3. The van der Waals surface area contributed by atoms with Gasteiger partial charge in [0.25, 0.3) is 0 Å². The smallest absolute Gasteiger partial charge is 0.164 e. The zero-order valence-electron chi connectivity index (χ0n) is 11.7. The van der Waals surface area contributed by atoms with Crippen LogP contribution < -0.4 is 19.9 Å². The van der Waals surface area contributed by atoms with Crippen LogP contribution in [0.4, 0.5) is 0 Å². The van der Waals surface area contributed by atoms with E-state index in [2.05, 4.69) is 6.92 Å². The van der Waals surface area contributed by atoms with E-state index in [4.69, 9.17) is 19.9 Å². The van der Waals surface area contributed by atoms with Crippen molar-refractivity contribution in [3.63, 3.8) is 0 Å². The Bertz CT molecular complexity index is 380. The van der Waals surface area contributed by atoms with Gasteiger partial charge in [-0.1, -0.05) is 6.92 Å². The van der Waals surface area contributed by atoms with Gasteiger partial charge in [0.1, 0.15) is 5.75 Å². The lowest BCUT2D eigenvalue weighted by molar-refractivity contribution is 0.307. The van der Waals surface area contributed by atoms with E-state index in [1.807, 2.05) is 19.1 Å². The summed E-state index contributed by atoms with van der Waals surface area (Å²) in [6.45, 7) is 5.34. The Hall–Kier alpha value is -1.42. The molecule has 0 bridgehead atoms. The molecule has 0 aliphatic rings. The quantitative estimate of drug-likeness (QED) is 0.811. The molecule has 0 amide bonds. The fourth-order valence-electron chi connectivity index (χ4n) is 1.95. The van der Waals surface area contributed by atoms with Crippen molar-refractivity contribution < 1.29 is 14.2 Å². The Morgan fingerprint density at radius 3 is 2.28 bits per heavy atom. The Labute approximate surface area is 109 Å². The van der Waals surface area contributed by atoms with Gasteiger partial charge < -0.3 is 19.9 Å². The second kappa shape index (κ2) is 7.11. The zero-order valence-corrected chi connectivity index (χ0v) is 11.7.